The molecular weight excluding hydrogens is 548 g/mol. The van der Waals surface area contributed by atoms with Crippen LogP contribution in [0.25, 0.3) is 0 Å². The number of halogens is 4. The van der Waals surface area contributed by atoms with Crippen LogP contribution < -0.4 is 32.4 Å². The zero-order valence-electron chi connectivity index (χ0n) is 19.7. The third kappa shape index (κ3) is 5.50. The van der Waals surface area contributed by atoms with Gasteiger partial charge in [0.25, 0.3) is 0 Å². The van der Waals surface area contributed by atoms with Crippen LogP contribution in [0.3, 0.4) is 0 Å². The van der Waals surface area contributed by atoms with Crippen molar-refractivity contribution in [3.63, 3.8) is 0 Å². The molecule has 0 fully saturated rings. The van der Waals surface area contributed by atoms with Gasteiger partial charge < -0.3 is 18.5 Å². The van der Waals surface area contributed by atoms with Gasteiger partial charge in [-0.2, -0.15) is 0 Å². The van der Waals surface area contributed by atoms with Crippen molar-refractivity contribution in [2.24, 2.45) is 0 Å². The van der Waals surface area contributed by atoms with E-state index < -0.39 is 70.7 Å². The summed E-state index contributed by atoms with van der Waals surface area (Å²) in [7, 11) is 0. The van der Waals surface area contributed by atoms with Gasteiger partial charge in [-0.25, -0.2) is 46.7 Å². The van der Waals surface area contributed by atoms with Crippen LogP contribution in [-0.2, 0) is 13.1 Å². The predicted octanol–water partition coefficient (Wildman–Crippen LogP) is 2.81. The molecule has 0 amide bonds. The molecule has 0 saturated heterocycles. The van der Waals surface area contributed by atoms with Crippen LogP contribution in [-0.4, -0.2) is 19.4 Å². The summed E-state index contributed by atoms with van der Waals surface area (Å²) in [5, 5.41) is 0. The van der Waals surface area contributed by atoms with E-state index in [-0.39, 0.29) is 22.6 Å². The summed E-state index contributed by atoms with van der Waals surface area (Å²) < 4.78 is 79.4. The topological polar surface area (TPSA) is 154 Å². The number of benzene rings is 3. The van der Waals surface area contributed by atoms with Crippen molar-refractivity contribution in [2.75, 3.05) is 0 Å². The highest BCUT2D eigenvalue weighted by molar-refractivity contribution is 5.42. The number of H-pyrrole nitrogens is 2. The van der Waals surface area contributed by atoms with Crippen LogP contribution >= 0.6 is 0 Å². The van der Waals surface area contributed by atoms with Crippen LogP contribution in [0.15, 0.2) is 76.8 Å². The van der Waals surface area contributed by atoms with Gasteiger partial charge in [0.2, 0.25) is 0 Å². The van der Waals surface area contributed by atoms with Gasteiger partial charge in [0, 0.05) is 6.07 Å². The molecule has 40 heavy (non-hydrogen) atoms. The quantitative estimate of drug-likeness (QED) is 0.274. The molecule has 0 aliphatic rings. The normalized spacial score (nSPS) is 11.1. The first-order chi connectivity index (χ1) is 19.0. The van der Waals surface area contributed by atoms with Crippen LogP contribution in [0.4, 0.5) is 17.6 Å². The summed E-state index contributed by atoms with van der Waals surface area (Å²) in [6, 6.07) is 8.47. The van der Waals surface area contributed by atoms with Crippen molar-refractivity contribution < 1.29 is 36.1 Å². The average Bonchev–Trinajstić information content (AvgIpc) is 3.36. The lowest BCUT2D eigenvalue weighted by Crippen LogP contribution is -2.17. The van der Waals surface area contributed by atoms with Crippen molar-refractivity contribution in [1.29, 1.82) is 0 Å². The molecule has 0 aliphatic heterocycles. The molecule has 0 radical (unpaired) electrons. The van der Waals surface area contributed by atoms with Gasteiger partial charge in [0.1, 0.15) is 11.5 Å². The summed E-state index contributed by atoms with van der Waals surface area (Å²) in [5.74, 6) is -8.65. The Kier molecular flexibility index (Phi) is 6.73. The summed E-state index contributed by atoms with van der Waals surface area (Å²) in [4.78, 5) is 48.9. The standard InChI is InChI=1S/C24H14F4N4O8/c25-15-4-11(9-31-21(33)29-23(35)39-31)5-16(26)19(15)37-13-2-1-3-14(8-13)38-20-17(27)6-12(7-18(20)28)10-32-22(34)30-24(36)40-32/h1-8H,9-10H2,(H,29,33,35)(H,30,34,36). The number of aromatic nitrogens is 4. The Bertz CT molecular complexity index is 1780. The number of hydrogen-bond donors (Lipinski definition) is 2. The van der Waals surface area contributed by atoms with Crippen molar-refractivity contribution in [1.82, 2.24) is 19.4 Å². The minimum atomic E-state index is -1.16. The molecule has 0 saturated carbocycles. The largest absolute Gasteiger partial charge is 0.451 e. The summed E-state index contributed by atoms with van der Waals surface area (Å²) >= 11 is 0. The maximum atomic E-state index is 14.6. The third-order valence-electron chi connectivity index (χ3n) is 5.27. The molecule has 16 heteroatoms. The predicted molar refractivity (Wildman–Crippen MR) is 125 cm³/mol. The Morgan fingerprint density at radius 1 is 0.625 bits per heavy atom. The number of aromatic amines is 2. The maximum absolute atomic E-state index is 14.6. The van der Waals surface area contributed by atoms with E-state index in [1.807, 2.05) is 9.97 Å². The Hall–Kier alpha value is -5.54. The molecule has 2 heterocycles. The molecule has 2 aromatic heterocycles. The van der Waals surface area contributed by atoms with Crippen LogP contribution in [0, 0.1) is 23.3 Å². The number of nitrogens with one attached hydrogen (secondary N) is 2. The van der Waals surface area contributed by atoms with E-state index in [1.165, 1.54) is 18.2 Å². The highest BCUT2D eigenvalue weighted by Crippen LogP contribution is 2.34. The van der Waals surface area contributed by atoms with E-state index in [0.29, 0.717) is 9.48 Å². The molecule has 0 atom stereocenters. The van der Waals surface area contributed by atoms with Gasteiger partial charge in [-0.05, 0) is 47.5 Å². The fourth-order valence-electron chi connectivity index (χ4n) is 3.61. The Morgan fingerprint density at radius 3 is 1.32 bits per heavy atom. The fourth-order valence-corrected chi connectivity index (χ4v) is 3.61. The second kappa shape index (κ2) is 10.3. The zero-order valence-corrected chi connectivity index (χ0v) is 19.7. The van der Waals surface area contributed by atoms with E-state index in [9.17, 15) is 36.7 Å². The van der Waals surface area contributed by atoms with Gasteiger partial charge in [-0.3, -0.25) is 0 Å². The van der Waals surface area contributed by atoms with E-state index in [0.717, 1.165) is 30.3 Å². The number of ether oxygens (including phenoxy) is 2. The first kappa shape index (κ1) is 26.1. The highest BCUT2D eigenvalue weighted by Gasteiger charge is 2.18. The molecule has 3 aromatic carbocycles. The zero-order chi connectivity index (χ0) is 28.6. The molecule has 0 bridgehead atoms. The minimum Gasteiger partial charge on any atom is -0.451 e. The minimum absolute atomic E-state index is 0.0535. The lowest BCUT2D eigenvalue weighted by molar-refractivity contribution is 0.257. The van der Waals surface area contributed by atoms with Crippen molar-refractivity contribution in [2.45, 2.75) is 13.1 Å². The summed E-state index contributed by atoms with van der Waals surface area (Å²) in [6.45, 7) is -0.886. The molecule has 206 valence electrons. The van der Waals surface area contributed by atoms with Crippen molar-refractivity contribution >= 4 is 0 Å². The highest BCUT2D eigenvalue weighted by atomic mass is 19.1. The van der Waals surface area contributed by atoms with E-state index >= 15 is 0 Å². The van der Waals surface area contributed by atoms with Crippen LogP contribution in [0.2, 0.25) is 0 Å². The van der Waals surface area contributed by atoms with Gasteiger partial charge >= 0.3 is 22.9 Å². The smallest absolute Gasteiger partial charge is 0.440 e. The number of nitrogens with zero attached hydrogens (tertiary/aromatic N) is 2. The number of rotatable bonds is 8. The molecular formula is C24H14F4N4O8. The SMILES string of the molecule is O=c1[nH]c(=O)n(Cc2cc(F)c(Oc3cccc(Oc4c(F)cc(Cn5oc(=O)[nH]c5=O)cc4F)c3)c(F)c2)o1. The molecule has 0 unspecified atom stereocenters. The van der Waals surface area contributed by atoms with Gasteiger partial charge in [0.05, 0.1) is 13.1 Å². The number of hydrogen-bond acceptors (Lipinski definition) is 8. The van der Waals surface area contributed by atoms with E-state index in [2.05, 4.69) is 9.05 Å². The van der Waals surface area contributed by atoms with Gasteiger partial charge in [0.15, 0.2) is 34.8 Å². The van der Waals surface area contributed by atoms with Crippen molar-refractivity contribution in [3.8, 4) is 23.0 Å². The van der Waals surface area contributed by atoms with Crippen LogP contribution in [0.1, 0.15) is 11.1 Å². The van der Waals surface area contributed by atoms with Gasteiger partial charge in [-0.15, -0.1) is 9.48 Å². The second-order valence-corrected chi connectivity index (χ2v) is 8.15. The molecule has 5 rings (SSSR count). The van der Waals surface area contributed by atoms with Gasteiger partial charge in [-0.1, -0.05) is 6.07 Å². The molecule has 12 nitrogen and oxygen atoms in total. The monoisotopic (exact) mass is 562 g/mol. The second-order valence-electron chi connectivity index (χ2n) is 8.15. The Morgan fingerprint density at radius 2 is 1.00 bits per heavy atom. The summed E-state index contributed by atoms with van der Waals surface area (Å²) in [6.07, 6.45) is 0. The fraction of sp³-hybridized carbons (Fsp3) is 0.0833. The first-order valence-corrected chi connectivity index (χ1v) is 11.1. The molecule has 0 aliphatic carbocycles. The van der Waals surface area contributed by atoms with Crippen LogP contribution in [0.5, 0.6) is 23.0 Å². The molecule has 2 N–H and O–H groups in total. The molecule has 5 aromatic rings. The lowest BCUT2D eigenvalue weighted by atomic mass is 10.2. The maximum Gasteiger partial charge on any atom is 0.440 e. The average molecular weight is 562 g/mol. The Balaban J connectivity index is 1.33. The van der Waals surface area contributed by atoms with E-state index in [4.69, 9.17) is 9.47 Å². The third-order valence-corrected chi connectivity index (χ3v) is 5.27. The summed E-state index contributed by atoms with van der Waals surface area (Å²) in [5.41, 5.74) is -1.92. The first-order valence-electron chi connectivity index (χ1n) is 11.1. The molecule has 0 spiro atoms. The van der Waals surface area contributed by atoms with E-state index in [1.54, 1.807) is 0 Å². The lowest BCUT2D eigenvalue weighted by Gasteiger charge is -2.12. The van der Waals surface area contributed by atoms with Crippen molar-refractivity contribution in [3.05, 3.63) is 125 Å². The Labute approximate surface area is 217 Å².